The Labute approximate surface area is 133 Å². The topological polar surface area (TPSA) is 83.5 Å². The van der Waals surface area contributed by atoms with Gasteiger partial charge in [-0.2, -0.15) is 8.42 Å². The molecule has 10 heteroatoms. The molecule has 0 bridgehead atoms. The maximum absolute atomic E-state index is 13.2. The number of nitrogens with one attached hydrogen (secondary N) is 1. The van der Waals surface area contributed by atoms with Gasteiger partial charge in [0.15, 0.2) is 11.6 Å². The first-order valence-corrected chi connectivity index (χ1v) is 8.27. The Kier molecular flexibility index (Phi) is 4.52. The fourth-order valence-electron chi connectivity index (χ4n) is 1.63. The van der Waals surface area contributed by atoms with E-state index in [0.29, 0.717) is 16.2 Å². The molecule has 118 valence electrons. The normalized spacial score (nSPS) is 11.5. The number of carbonyl (C=O) groups excluding carboxylic acids is 1. The summed E-state index contributed by atoms with van der Waals surface area (Å²) in [5.41, 5.74) is -0.105. The van der Waals surface area contributed by atoms with E-state index in [1.54, 1.807) is 0 Å². The van der Waals surface area contributed by atoms with Crippen molar-refractivity contribution in [2.24, 2.45) is 0 Å². The quantitative estimate of drug-likeness (QED) is 0.642. The van der Waals surface area contributed by atoms with Crippen LogP contribution in [0, 0.1) is 18.6 Å². The van der Waals surface area contributed by atoms with Crippen LogP contribution >= 0.6 is 22.9 Å². The average Bonchev–Trinajstić information content (AvgIpc) is 2.78. The Morgan fingerprint density at radius 1 is 1.32 bits per heavy atom. The minimum Gasteiger partial charge on any atom is -0.322 e. The van der Waals surface area contributed by atoms with E-state index < -0.39 is 36.9 Å². The summed E-state index contributed by atoms with van der Waals surface area (Å²) >= 11 is 6.18. The van der Waals surface area contributed by atoms with Crippen LogP contribution in [-0.2, 0) is 10.1 Å². The van der Waals surface area contributed by atoms with Crippen molar-refractivity contribution in [1.29, 1.82) is 0 Å². The molecule has 1 heterocycles. The van der Waals surface area contributed by atoms with Gasteiger partial charge in [0.1, 0.15) is 4.21 Å². The van der Waals surface area contributed by atoms with Crippen molar-refractivity contribution in [3.8, 4) is 0 Å². The standard InChI is InChI=1S/C12H8ClF2NO4S2/c1-5-7(4-10(21-5)22(18,19)20)12(17)16-6-2-8(13)11(15)9(14)3-6/h2-4H,1H3,(H,16,17)(H,18,19,20). The Bertz CT molecular complexity index is 841. The number of amides is 1. The van der Waals surface area contributed by atoms with E-state index in [1.165, 1.54) is 6.92 Å². The Hall–Kier alpha value is -1.55. The van der Waals surface area contributed by atoms with Crippen molar-refractivity contribution < 1.29 is 26.5 Å². The first kappa shape index (κ1) is 16.8. The minimum atomic E-state index is -4.42. The first-order chi connectivity index (χ1) is 10.1. The second-order valence-electron chi connectivity index (χ2n) is 4.22. The van der Waals surface area contributed by atoms with Crippen LogP contribution in [0.3, 0.4) is 0 Å². The zero-order valence-corrected chi connectivity index (χ0v) is 13.2. The third kappa shape index (κ3) is 3.43. The smallest absolute Gasteiger partial charge is 0.304 e. The predicted octanol–water partition coefficient (Wildman–Crippen LogP) is 3.49. The molecule has 2 aromatic rings. The number of benzene rings is 1. The first-order valence-electron chi connectivity index (χ1n) is 5.63. The highest BCUT2D eigenvalue weighted by molar-refractivity contribution is 7.88. The molecule has 1 amide bonds. The lowest BCUT2D eigenvalue weighted by Crippen LogP contribution is -2.12. The Morgan fingerprint density at radius 2 is 1.95 bits per heavy atom. The van der Waals surface area contributed by atoms with Crippen molar-refractivity contribution >= 4 is 44.7 Å². The fourth-order valence-corrected chi connectivity index (χ4v) is 3.64. The largest absolute Gasteiger partial charge is 0.322 e. The highest BCUT2D eigenvalue weighted by Gasteiger charge is 2.20. The Morgan fingerprint density at radius 3 is 2.45 bits per heavy atom. The second kappa shape index (κ2) is 5.92. The van der Waals surface area contributed by atoms with Crippen molar-refractivity contribution in [2.45, 2.75) is 11.1 Å². The fraction of sp³-hybridized carbons (Fsp3) is 0.0833. The summed E-state index contributed by atoms with van der Waals surface area (Å²) in [5, 5.41) is 1.77. The number of hydrogen-bond donors (Lipinski definition) is 2. The molecule has 0 spiro atoms. The van der Waals surface area contributed by atoms with Crippen molar-refractivity contribution in [3.05, 3.63) is 45.3 Å². The maximum Gasteiger partial charge on any atom is 0.304 e. The van der Waals surface area contributed by atoms with Crippen LogP contribution in [0.2, 0.25) is 5.02 Å². The van der Waals surface area contributed by atoms with Crippen LogP contribution in [0.4, 0.5) is 14.5 Å². The van der Waals surface area contributed by atoms with Crippen molar-refractivity contribution in [2.75, 3.05) is 5.32 Å². The number of rotatable bonds is 3. The summed E-state index contributed by atoms with van der Waals surface area (Å²) in [6.07, 6.45) is 0. The highest BCUT2D eigenvalue weighted by atomic mass is 35.5. The molecule has 0 aliphatic carbocycles. The molecule has 0 atom stereocenters. The average molecular weight is 368 g/mol. The zero-order valence-electron chi connectivity index (χ0n) is 10.9. The van der Waals surface area contributed by atoms with Gasteiger partial charge in [0.05, 0.1) is 10.6 Å². The second-order valence-corrected chi connectivity index (χ2v) is 7.53. The molecule has 0 aliphatic heterocycles. The molecule has 0 fully saturated rings. The summed E-state index contributed by atoms with van der Waals surface area (Å²) in [6, 6.07) is 2.75. The molecule has 0 radical (unpaired) electrons. The van der Waals surface area contributed by atoms with Crippen LogP contribution in [-0.4, -0.2) is 18.9 Å². The highest BCUT2D eigenvalue weighted by Crippen LogP contribution is 2.27. The van der Waals surface area contributed by atoms with Gasteiger partial charge >= 0.3 is 10.1 Å². The number of aryl methyl sites for hydroxylation is 1. The van der Waals surface area contributed by atoms with E-state index >= 15 is 0 Å². The molecular formula is C12H8ClF2NO4S2. The molecule has 5 nitrogen and oxygen atoms in total. The molecule has 0 aliphatic rings. The number of carbonyl (C=O) groups is 1. The van der Waals surface area contributed by atoms with E-state index in [4.69, 9.17) is 16.2 Å². The molecule has 1 aromatic heterocycles. The van der Waals surface area contributed by atoms with Crippen LogP contribution in [0.5, 0.6) is 0 Å². The van der Waals surface area contributed by atoms with Gasteiger partial charge in [-0.3, -0.25) is 9.35 Å². The number of halogens is 3. The monoisotopic (exact) mass is 367 g/mol. The molecule has 1 aromatic carbocycles. The lowest BCUT2D eigenvalue weighted by molar-refractivity contribution is 0.102. The SMILES string of the molecule is Cc1sc(S(=O)(=O)O)cc1C(=O)Nc1cc(F)c(F)c(Cl)c1. The van der Waals surface area contributed by atoms with Gasteiger partial charge in [-0.1, -0.05) is 11.6 Å². The molecule has 22 heavy (non-hydrogen) atoms. The lowest BCUT2D eigenvalue weighted by Gasteiger charge is -2.06. The van der Waals surface area contributed by atoms with E-state index in [-0.39, 0.29) is 11.3 Å². The van der Waals surface area contributed by atoms with E-state index in [1.807, 2.05) is 0 Å². The van der Waals surface area contributed by atoms with Gasteiger partial charge < -0.3 is 5.32 Å². The number of thiophene rings is 1. The van der Waals surface area contributed by atoms with Crippen LogP contribution in [0.25, 0.3) is 0 Å². The summed E-state index contributed by atoms with van der Waals surface area (Å²) in [5.74, 6) is -3.21. The van der Waals surface area contributed by atoms with Crippen LogP contribution < -0.4 is 5.32 Å². The maximum atomic E-state index is 13.2. The van der Waals surface area contributed by atoms with Gasteiger partial charge in [-0.25, -0.2) is 8.78 Å². The molecular weight excluding hydrogens is 360 g/mol. The Balaban J connectivity index is 2.32. The third-order valence-corrected chi connectivity index (χ3v) is 5.26. The van der Waals surface area contributed by atoms with Crippen LogP contribution in [0.15, 0.2) is 22.4 Å². The van der Waals surface area contributed by atoms with E-state index in [0.717, 1.165) is 18.2 Å². The van der Waals surface area contributed by atoms with Gasteiger partial charge in [-0.15, -0.1) is 11.3 Å². The number of anilines is 1. The van der Waals surface area contributed by atoms with Crippen molar-refractivity contribution in [3.63, 3.8) is 0 Å². The molecule has 0 saturated heterocycles. The predicted molar refractivity (Wildman–Crippen MR) is 78.2 cm³/mol. The molecule has 0 unspecified atom stereocenters. The summed E-state index contributed by atoms with van der Waals surface area (Å²) in [4.78, 5) is 12.4. The van der Waals surface area contributed by atoms with E-state index in [9.17, 15) is 22.0 Å². The summed E-state index contributed by atoms with van der Waals surface area (Å²) in [7, 11) is -4.42. The van der Waals surface area contributed by atoms with E-state index in [2.05, 4.69) is 5.32 Å². The minimum absolute atomic E-state index is 0.0153. The lowest BCUT2D eigenvalue weighted by atomic mass is 10.2. The summed E-state index contributed by atoms with van der Waals surface area (Å²) < 4.78 is 56.9. The van der Waals surface area contributed by atoms with Gasteiger partial charge in [0.2, 0.25) is 0 Å². The zero-order chi connectivity index (χ0) is 16.7. The molecule has 0 saturated carbocycles. The van der Waals surface area contributed by atoms with Gasteiger partial charge in [0, 0.05) is 16.6 Å². The van der Waals surface area contributed by atoms with Gasteiger partial charge in [-0.05, 0) is 19.1 Å². The molecule has 2 N–H and O–H groups in total. The third-order valence-electron chi connectivity index (χ3n) is 2.64. The van der Waals surface area contributed by atoms with Crippen LogP contribution in [0.1, 0.15) is 15.2 Å². The molecule has 2 rings (SSSR count). The summed E-state index contributed by atoms with van der Waals surface area (Å²) in [6.45, 7) is 1.48. The van der Waals surface area contributed by atoms with Crippen molar-refractivity contribution in [1.82, 2.24) is 0 Å². The van der Waals surface area contributed by atoms with Gasteiger partial charge in [0.25, 0.3) is 5.91 Å². The number of hydrogen-bond acceptors (Lipinski definition) is 4.